The monoisotopic (exact) mass is 319 g/mol. The number of anilines is 2. The van der Waals surface area contributed by atoms with E-state index in [1.165, 1.54) is 0 Å². The Morgan fingerprint density at radius 1 is 1.00 bits per heavy atom. The lowest BCUT2D eigenvalue weighted by molar-refractivity contribution is -0.131. The zero-order chi connectivity index (χ0) is 17.2. The van der Waals surface area contributed by atoms with E-state index in [-0.39, 0.29) is 11.8 Å². The molecule has 2 amide bonds. The fourth-order valence-corrected chi connectivity index (χ4v) is 2.49. The molecule has 0 bridgehead atoms. The smallest absolute Gasteiger partial charge is 0.240 e. The summed E-state index contributed by atoms with van der Waals surface area (Å²) in [5.74, 6) is -0.623. The van der Waals surface area contributed by atoms with Gasteiger partial charge in [0, 0.05) is 11.4 Å². The summed E-state index contributed by atoms with van der Waals surface area (Å²) in [7, 11) is 0. The van der Waals surface area contributed by atoms with Crippen LogP contribution in [-0.2, 0) is 9.59 Å². The van der Waals surface area contributed by atoms with E-state index in [2.05, 4.69) is 10.6 Å². The second-order valence-corrected chi connectivity index (χ2v) is 6.05. The zero-order valence-electron chi connectivity index (χ0n) is 13.3. The number of benzene rings is 2. The van der Waals surface area contributed by atoms with E-state index in [0.717, 1.165) is 5.56 Å². The molecule has 24 heavy (non-hydrogen) atoms. The average Bonchev–Trinajstić information content (AvgIpc) is 3.39. The summed E-state index contributed by atoms with van der Waals surface area (Å²) >= 11 is 0. The topological polar surface area (TPSA) is 82.0 Å². The third kappa shape index (κ3) is 3.13. The summed E-state index contributed by atoms with van der Waals surface area (Å²) in [6.07, 6.45) is 1.04. The average molecular weight is 319 g/mol. The Morgan fingerprint density at radius 3 is 2.21 bits per heavy atom. The first-order valence-corrected chi connectivity index (χ1v) is 7.73. The molecule has 2 aromatic carbocycles. The van der Waals surface area contributed by atoms with Gasteiger partial charge in [-0.15, -0.1) is 0 Å². The number of rotatable bonds is 4. The van der Waals surface area contributed by atoms with Gasteiger partial charge in [-0.2, -0.15) is 5.26 Å². The summed E-state index contributed by atoms with van der Waals surface area (Å²) < 4.78 is 0. The first kappa shape index (κ1) is 15.8. The zero-order valence-corrected chi connectivity index (χ0v) is 13.3. The number of nitrogens with zero attached hydrogens (tertiary/aromatic N) is 1. The fourth-order valence-electron chi connectivity index (χ4n) is 2.49. The second kappa shape index (κ2) is 6.17. The van der Waals surface area contributed by atoms with Crippen LogP contribution in [0.1, 0.15) is 24.0 Å². The maximum absolute atomic E-state index is 12.5. The molecule has 5 nitrogen and oxygen atoms in total. The van der Waals surface area contributed by atoms with E-state index in [1.807, 2.05) is 37.3 Å². The van der Waals surface area contributed by atoms with E-state index in [4.69, 9.17) is 5.26 Å². The predicted octanol–water partition coefficient (Wildman–Crippen LogP) is 3.22. The van der Waals surface area contributed by atoms with Crippen molar-refractivity contribution in [1.29, 1.82) is 5.26 Å². The van der Waals surface area contributed by atoms with E-state index >= 15 is 0 Å². The summed E-state index contributed by atoms with van der Waals surface area (Å²) in [5, 5.41) is 14.5. The Labute approximate surface area is 140 Å². The highest BCUT2D eigenvalue weighted by Crippen LogP contribution is 2.47. The molecule has 0 atom stereocenters. The molecular weight excluding hydrogens is 302 g/mol. The minimum Gasteiger partial charge on any atom is -0.325 e. The Morgan fingerprint density at radius 2 is 1.62 bits per heavy atom. The van der Waals surface area contributed by atoms with Crippen molar-refractivity contribution in [1.82, 2.24) is 0 Å². The van der Waals surface area contributed by atoms with E-state index < -0.39 is 5.41 Å². The van der Waals surface area contributed by atoms with Gasteiger partial charge in [0.25, 0.3) is 0 Å². The summed E-state index contributed by atoms with van der Waals surface area (Å²) in [6, 6.07) is 16.1. The number of carbonyl (C=O) groups excluding carboxylic acids is 2. The molecule has 2 N–H and O–H groups in total. The Balaban J connectivity index is 1.70. The molecule has 0 saturated heterocycles. The van der Waals surface area contributed by atoms with Crippen LogP contribution in [-0.4, -0.2) is 11.8 Å². The van der Waals surface area contributed by atoms with E-state index in [0.29, 0.717) is 29.8 Å². The van der Waals surface area contributed by atoms with E-state index in [9.17, 15) is 9.59 Å². The lowest BCUT2D eigenvalue weighted by Gasteiger charge is -2.15. The Bertz CT molecular complexity index is 830. The van der Waals surface area contributed by atoms with Gasteiger partial charge >= 0.3 is 0 Å². The lowest BCUT2D eigenvalue weighted by atomic mass is 10.0. The minimum absolute atomic E-state index is 0.291. The molecule has 0 unspecified atom stereocenters. The van der Waals surface area contributed by atoms with Crippen LogP contribution in [0, 0.1) is 23.7 Å². The molecule has 1 saturated carbocycles. The van der Waals surface area contributed by atoms with Crippen LogP contribution in [0.2, 0.25) is 0 Å². The summed E-state index contributed by atoms with van der Waals surface area (Å²) in [5.41, 5.74) is 1.74. The number of hydrogen-bond donors (Lipinski definition) is 2. The number of amides is 2. The molecule has 120 valence electrons. The molecule has 0 heterocycles. The Hall–Kier alpha value is -3.13. The highest BCUT2D eigenvalue weighted by Gasteiger charge is 2.56. The lowest BCUT2D eigenvalue weighted by Crippen LogP contribution is -2.35. The predicted molar refractivity (Wildman–Crippen MR) is 91.3 cm³/mol. The van der Waals surface area contributed by atoms with Crippen LogP contribution in [0.4, 0.5) is 11.4 Å². The number of carbonyl (C=O) groups is 2. The normalized spacial score (nSPS) is 14.3. The van der Waals surface area contributed by atoms with Gasteiger partial charge in [0.1, 0.15) is 5.41 Å². The van der Waals surface area contributed by atoms with Crippen molar-refractivity contribution in [2.45, 2.75) is 19.8 Å². The third-order valence-electron chi connectivity index (χ3n) is 4.18. The van der Waals surface area contributed by atoms with Crippen LogP contribution < -0.4 is 10.6 Å². The quantitative estimate of drug-likeness (QED) is 0.849. The Kier molecular flexibility index (Phi) is 4.05. The largest absolute Gasteiger partial charge is 0.325 e. The molecule has 0 radical (unpaired) electrons. The van der Waals surface area contributed by atoms with Gasteiger partial charge < -0.3 is 10.6 Å². The van der Waals surface area contributed by atoms with Gasteiger partial charge in [-0.25, -0.2) is 0 Å². The molecule has 3 rings (SSSR count). The third-order valence-corrected chi connectivity index (χ3v) is 4.18. The van der Waals surface area contributed by atoms with Crippen LogP contribution in [0.5, 0.6) is 0 Å². The molecule has 1 aliphatic rings. The number of hydrogen-bond acceptors (Lipinski definition) is 3. The van der Waals surface area contributed by atoms with Gasteiger partial charge in [0.05, 0.1) is 11.6 Å². The first-order chi connectivity index (χ1) is 11.5. The molecule has 0 spiro atoms. The van der Waals surface area contributed by atoms with Gasteiger partial charge in [-0.05, 0) is 50.1 Å². The number of nitrogens with one attached hydrogen (secondary N) is 2. The number of nitriles is 1. The van der Waals surface area contributed by atoms with Gasteiger partial charge in [0.2, 0.25) is 11.8 Å². The molecule has 5 heteroatoms. The maximum atomic E-state index is 12.5. The van der Waals surface area contributed by atoms with Crippen LogP contribution in [0.3, 0.4) is 0 Å². The van der Waals surface area contributed by atoms with Crippen molar-refractivity contribution in [2.24, 2.45) is 5.41 Å². The van der Waals surface area contributed by atoms with Crippen LogP contribution in [0.15, 0.2) is 48.5 Å². The maximum Gasteiger partial charge on any atom is 0.240 e. The van der Waals surface area contributed by atoms with Crippen molar-refractivity contribution < 1.29 is 9.59 Å². The molecule has 0 aromatic heterocycles. The highest BCUT2D eigenvalue weighted by atomic mass is 16.2. The molecule has 0 aliphatic heterocycles. The van der Waals surface area contributed by atoms with Crippen molar-refractivity contribution >= 4 is 23.2 Å². The van der Waals surface area contributed by atoms with Gasteiger partial charge in [-0.1, -0.05) is 23.8 Å². The van der Waals surface area contributed by atoms with Crippen molar-refractivity contribution in [3.8, 4) is 6.07 Å². The second-order valence-electron chi connectivity index (χ2n) is 6.05. The summed E-state index contributed by atoms with van der Waals surface area (Å²) in [6.45, 7) is 1.97. The first-order valence-electron chi connectivity index (χ1n) is 7.73. The van der Waals surface area contributed by atoms with Crippen LogP contribution in [0.25, 0.3) is 0 Å². The molecule has 1 aliphatic carbocycles. The SMILES string of the molecule is Cc1ccc(NC(=O)C2(C(=O)Nc3cccc(C#N)c3)CC2)cc1. The minimum atomic E-state index is -1.02. The standard InChI is InChI=1S/C19H17N3O2/c1-13-5-7-15(8-6-13)21-17(23)19(9-10-19)18(24)22-16-4-2-3-14(11-16)12-20/h2-8,11H,9-10H2,1H3,(H,21,23)(H,22,24). The molecule has 2 aromatic rings. The van der Waals surface area contributed by atoms with Gasteiger partial charge in [-0.3, -0.25) is 9.59 Å². The van der Waals surface area contributed by atoms with Crippen molar-refractivity contribution in [2.75, 3.05) is 10.6 Å². The van der Waals surface area contributed by atoms with Crippen molar-refractivity contribution in [3.05, 3.63) is 59.7 Å². The fraction of sp³-hybridized carbons (Fsp3) is 0.211. The molecule has 1 fully saturated rings. The van der Waals surface area contributed by atoms with E-state index in [1.54, 1.807) is 24.3 Å². The van der Waals surface area contributed by atoms with Crippen molar-refractivity contribution in [3.63, 3.8) is 0 Å². The molecular formula is C19H17N3O2. The van der Waals surface area contributed by atoms with Gasteiger partial charge in [0.15, 0.2) is 0 Å². The number of aryl methyl sites for hydroxylation is 1. The summed E-state index contributed by atoms with van der Waals surface area (Å²) in [4.78, 5) is 25.0. The highest BCUT2D eigenvalue weighted by molar-refractivity contribution is 6.16. The van der Waals surface area contributed by atoms with Crippen LogP contribution >= 0.6 is 0 Å².